The van der Waals surface area contributed by atoms with Gasteiger partial charge in [0.2, 0.25) is 0 Å². The smallest absolute Gasteiger partial charge is 0.161 e. The fraction of sp³-hybridized carbons (Fsp3) is 0.231. The van der Waals surface area contributed by atoms with Crippen LogP contribution in [-0.4, -0.2) is 15.6 Å². The van der Waals surface area contributed by atoms with Crippen LogP contribution in [0.2, 0.25) is 0 Å². The summed E-state index contributed by atoms with van der Waals surface area (Å²) in [6, 6.07) is 5.37. The number of aryl methyl sites for hydroxylation is 1. The molecule has 0 saturated carbocycles. The molecule has 5 nitrogen and oxygen atoms in total. The van der Waals surface area contributed by atoms with Gasteiger partial charge in [0.1, 0.15) is 0 Å². The van der Waals surface area contributed by atoms with Crippen LogP contribution in [0.25, 0.3) is 0 Å². The summed E-state index contributed by atoms with van der Waals surface area (Å²) in [7, 11) is 1.88. The molecule has 0 radical (unpaired) electrons. The largest absolute Gasteiger partial charge is 0.398 e. The molecule has 2 rings (SSSR count). The molecule has 0 bridgehead atoms. The molecule has 94 valence electrons. The van der Waals surface area contributed by atoms with Crippen molar-refractivity contribution >= 4 is 17.2 Å². The Morgan fingerprint density at radius 3 is 2.89 bits per heavy atom. The van der Waals surface area contributed by atoms with Crippen molar-refractivity contribution in [2.24, 2.45) is 7.05 Å². The predicted molar refractivity (Wildman–Crippen MR) is 71.4 cm³/mol. The third-order valence-electron chi connectivity index (χ3n) is 2.69. The highest BCUT2D eigenvalue weighted by Gasteiger charge is 2.05. The zero-order valence-corrected chi connectivity index (χ0v) is 10.5. The predicted octanol–water partition coefficient (Wildman–Crippen LogP) is 1.82. The molecule has 0 amide bonds. The molecule has 0 aliphatic carbocycles. The van der Waals surface area contributed by atoms with E-state index in [1.54, 1.807) is 23.0 Å². The van der Waals surface area contributed by atoms with E-state index < -0.39 is 0 Å². The molecule has 0 atom stereocenters. The van der Waals surface area contributed by atoms with Crippen molar-refractivity contribution < 1.29 is 4.79 Å². The molecule has 0 unspecified atom stereocenters. The number of ketones is 1. The Labute approximate surface area is 106 Å². The summed E-state index contributed by atoms with van der Waals surface area (Å²) >= 11 is 0. The van der Waals surface area contributed by atoms with Gasteiger partial charge in [-0.05, 0) is 25.1 Å². The Hall–Kier alpha value is -2.30. The van der Waals surface area contributed by atoms with Crippen molar-refractivity contribution in [3.8, 4) is 0 Å². The van der Waals surface area contributed by atoms with E-state index in [0.717, 1.165) is 11.3 Å². The van der Waals surface area contributed by atoms with Crippen LogP contribution in [0.3, 0.4) is 0 Å². The van der Waals surface area contributed by atoms with Gasteiger partial charge in [-0.1, -0.05) is 0 Å². The Kier molecular flexibility index (Phi) is 3.32. The maximum absolute atomic E-state index is 11.4. The second kappa shape index (κ2) is 4.91. The minimum Gasteiger partial charge on any atom is -0.398 e. The lowest BCUT2D eigenvalue weighted by atomic mass is 10.1. The van der Waals surface area contributed by atoms with Gasteiger partial charge in [-0.25, -0.2) is 0 Å². The first-order chi connectivity index (χ1) is 8.56. The van der Waals surface area contributed by atoms with Gasteiger partial charge < -0.3 is 11.1 Å². The van der Waals surface area contributed by atoms with Gasteiger partial charge >= 0.3 is 0 Å². The first kappa shape index (κ1) is 12.2. The number of Topliss-reactive ketones (excluding diaryl/α,β-unsaturated/α-hetero) is 1. The highest BCUT2D eigenvalue weighted by Crippen LogP contribution is 2.18. The molecule has 5 heteroatoms. The first-order valence-corrected chi connectivity index (χ1v) is 5.68. The maximum atomic E-state index is 11.4. The van der Waals surface area contributed by atoms with Crippen LogP contribution in [-0.2, 0) is 13.6 Å². The Balaban J connectivity index is 2.10. The number of hydrogen-bond acceptors (Lipinski definition) is 4. The number of carbonyl (C=O) groups excluding carboxylic acids is 1. The average Bonchev–Trinajstić information content (AvgIpc) is 2.74. The quantitative estimate of drug-likeness (QED) is 0.635. The molecule has 1 aromatic carbocycles. The molecule has 18 heavy (non-hydrogen) atoms. The molecule has 0 aliphatic rings. The second-order valence-corrected chi connectivity index (χ2v) is 4.23. The normalized spacial score (nSPS) is 10.3. The lowest BCUT2D eigenvalue weighted by Crippen LogP contribution is -2.03. The molecule has 0 fully saturated rings. The number of nitrogens with zero attached hydrogens (tertiary/aromatic N) is 2. The minimum absolute atomic E-state index is 0.0301. The molecule has 2 aromatic rings. The number of aromatic nitrogens is 2. The van der Waals surface area contributed by atoms with Crippen LogP contribution in [0.15, 0.2) is 30.6 Å². The number of carbonyl (C=O) groups is 1. The van der Waals surface area contributed by atoms with Crippen LogP contribution in [0.5, 0.6) is 0 Å². The molecule has 0 spiro atoms. The number of nitrogen functional groups attached to an aromatic ring is 1. The summed E-state index contributed by atoms with van der Waals surface area (Å²) in [4.78, 5) is 11.4. The van der Waals surface area contributed by atoms with E-state index in [9.17, 15) is 4.79 Å². The molecule has 3 N–H and O–H groups in total. The number of hydrogen-bond donors (Lipinski definition) is 2. The molecule has 0 saturated heterocycles. The van der Waals surface area contributed by atoms with Crippen LogP contribution in [0, 0.1) is 0 Å². The summed E-state index contributed by atoms with van der Waals surface area (Å²) in [6.07, 6.45) is 3.74. The number of nitrogens with two attached hydrogens (primary N) is 1. The lowest BCUT2D eigenvalue weighted by Gasteiger charge is -2.08. The van der Waals surface area contributed by atoms with Crippen molar-refractivity contribution in [1.29, 1.82) is 0 Å². The highest BCUT2D eigenvalue weighted by molar-refractivity contribution is 5.99. The zero-order chi connectivity index (χ0) is 13.1. The van der Waals surface area contributed by atoms with Crippen LogP contribution < -0.4 is 11.1 Å². The Bertz CT molecular complexity index is 574. The van der Waals surface area contributed by atoms with Gasteiger partial charge in [0.25, 0.3) is 0 Å². The average molecular weight is 244 g/mol. The zero-order valence-electron chi connectivity index (χ0n) is 10.5. The van der Waals surface area contributed by atoms with E-state index in [1.807, 2.05) is 19.3 Å². The molecule has 1 heterocycles. The topological polar surface area (TPSA) is 72.9 Å². The number of anilines is 2. The monoisotopic (exact) mass is 244 g/mol. The summed E-state index contributed by atoms with van der Waals surface area (Å²) in [5, 5.41) is 7.33. The van der Waals surface area contributed by atoms with Gasteiger partial charge in [0, 0.05) is 42.3 Å². The van der Waals surface area contributed by atoms with Gasteiger partial charge in [-0.3, -0.25) is 9.48 Å². The molecular formula is C13H16N4O. The third kappa shape index (κ3) is 2.68. The summed E-state index contributed by atoms with van der Waals surface area (Å²) in [5.74, 6) is -0.0301. The fourth-order valence-electron chi connectivity index (χ4n) is 1.74. The highest BCUT2D eigenvalue weighted by atomic mass is 16.1. The number of rotatable bonds is 4. The van der Waals surface area contributed by atoms with Crippen LogP contribution in [0.1, 0.15) is 22.8 Å². The fourth-order valence-corrected chi connectivity index (χ4v) is 1.74. The second-order valence-electron chi connectivity index (χ2n) is 4.23. The van der Waals surface area contributed by atoms with Gasteiger partial charge in [0.05, 0.1) is 6.20 Å². The minimum atomic E-state index is -0.0301. The van der Waals surface area contributed by atoms with Crippen LogP contribution >= 0.6 is 0 Å². The van der Waals surface area contributed by atoms with Crippen molar-refractivity contribution in [3.63, 3.8) is 0 Å². The van der Waals surface area contributed by atoms with Crippen molar-refractivity contribution in [2.45, 2.75) is 13.5 Å². The Morgan fingerprint density at radius 1 is 1.50 bits per heavy atom. The van der Waals surface area contributed by atoms with E-state index in [0.29, 0.717) is 17.8 Å². The van der Waals surface area contributed by atoms with Gasteiger partial charge in [0.15, 0.2) is 5.78 Å². The SMILES string of the molecule is CC(=O)c1cc(NCc2cnn(C)c2)ccc1N. The van der Waals surface area contributed by atoms with Gasteiger partial charge in [-0.15, -0.1) is 0 Å². The summed E-state index contributed by atoms with van der Waals surface area (Å²) < 4.78 is 1.75. The lowest BCUT2D eigenvalue weighted by molar-refractivity contribution is 0.101. The van der Waals surface area contributed by atoms with Crippen LogP contribution in [0.4, 0.5) is 11.4 Å². The van der Waals surface area contributed by atoms with E-state index in [1.165, 1.54) is 6.92 Å². The van der Waals surface area contributed by atoms with E-state index in [2.05, 4.69) is 10.4 Å². The van der Waals surface area contributed by atoms with Crippen molar-refractivity contribution in [1.82, 2.24) is 9.78 Å². The Morgan fingerprint density at radius 2 is 2.28 bits per heavy atom. The number of nitrogens with one attached hydrogen (secondary N) is 1. The van der Waals surface area contributed by atoms with E-state index in [4.69, 9.17) is 5.73 Å². The molecule has 1 aromatic heterocycles. The van der Waals surface area contributed by atoms with Crippen molar-refractivity contribution in [2.75, 3.05) is 11.1 Å². The maximum Gasteiger partial charge on any atom is 0.161 e. The summed E-state index contributed by atoms with van der Waals surface area (Å²) in [6.45, 7) is 2.17. The molecular weight excluding hydrogens is 228 g/mol. The van der Waals surface area contributed by atoms with E-state index >= 15 is 0 Å². The van der Waals surface area contributed by atoms with E-state index in [-0.39, 0.29) is 5.78 Å². The van der Waals surface area contributed by atoms with Crippen molar-refractivity contribution in [3.05, 3.63) is 41.7 Å². The summed E-state index contributed by atoms with van der Waals surface area (Å²) in [5.41, 5.74) is 8.75. The van der Waals surface area contributed by atoms with Gasteiger partial charge in [-0.2, -0.15) is 5.10 Å². The third-order valence-corrected chi connectivity index (χ3v) is 2.69. The molecule has 0 aliphatic heterocycles. The first-order valence-electron chi connectivity index (χ1n) is 5.68. The number of benzene rings is 1. The standard InChI is InChI=1S/C13H16N4O/c1-9(18)12-5-11(3-4-13(12)14)15-6-10-7-16-17(2)8-10/h3-5,7-8,15H,6,14H2,1-2H3.